The van der Waals surface area contributed by atoms with Gasteiger partial charge in [0.1, 0.15) is 5.76 Å². The van der Waals surface area contributed by atoms with Gasteiger partial charge in [-0.05, 0) is 26.7 Å². The Morgan fingerprint density at radius 1 is 1.26 bits per heavy atom. The first-order valence-corrected chi connectivity index (χ1v) is 9.23. The van der Waals surface area contributed by atoms with Crippen molar-refractivity contribution < 1.29 is 18.9 Å². The maximum atomic E-state index is 12.9. The average Bonchev–Trinajstić information content (AvgIpc) is 2.81. The second-order valence-corrected chi connectivity index (χ2v) is 7.55. The number of hydrogen-bond acceptors (Lipinski definition) is 5. The second-order valence-electron chi connectivity index (χ2n) is 7.55. The molecule has 9 nitrogen and oxygen atoms in total. The summed E-state index contributed by atoms with van der Waals surface area (Å²) >= 11 is 0. The molecule has 9 heteroatoms. The number of aryl methyl sites for hydroxylation is 2. The van der Waals surface area contributed by atoms with Crippen LogP contribution in [0.5, 0.6) is 0 Å². The van der Waals surface area contributed by atoms with E-state index in [1.165, 1.54) is 4.90 Å². The van der Waals surface area contributed by atoms with E-state index in [9.17, 15) is 14.4 Å². The lowest BCUT2D eigenvalue weighted by Crippen LogP contribution is -2.48. The predicted molar refractivity (Wildman–Crippen MR) is 96.7 cm³/mol. The van der Waals surface area contributed by atoms with Gasteiger partial charge in [-0.25, -0.2) is 4.79 Å². The quantitative estimate of drug-likeness (QED) is 0.824. The van der Waals surface area contributed by atoms with Crippen molar-refractivity contribution in [1.82, 2.24) is 25.2 Å². The number of fused-ring (bicyclic) bond motifs is 4. The molecule has 1 aromatic rings. The Balaban J connectivity index is 1.69. The molecule has 4 rings (SSSR count). The second kappa shape index (κ2) is 7.58. The van der Waals surface area contributed by atoms with E-state index < -0.39 is 0 Å². The molecule has 3 saturated heterocycles. The van der Waals surface area contributed by atoms with Gasteiger partial charge in [-0.2, -0.15) is 0 Å². The van der Waals surface area contributed by atoms with Crippen LogP contribution in [0, 0.1) is 19.8 Å². The van der Waals surface area contributed by atoms with E-state index in [2.05, 4.69) is 10.5 Å². The lowest BCUT2D eigenvalue weighted by atomic mass is 9.93. The Morgan fingerprint density at radius 3 is 2.63 bits per heavy atom. The van der Waals surface area contributed by atoms with Crippen molar-refractivity contribution in [3.63, 3.8) is 0 Å². The average molecular weight is 377 g/mol. The molecule has 4 amide bonds. The number of rotatable bonds is 4. The number of piperidine rings is 1. The third kappa shape index (κ3) is 3.91. The zero-order valence-electron chi connectivity index (χ0n) is 16.3. The van der Waals surface area contributed by atoms with Crippen LogP contribution in [0.4, 0.5) is 4.79 Å². The Bertz CT molecular complexity index is 725. The van der Waals surface area contributed by atoms with Crippen molar-refractivity contribution in [1.29, 1.82) is 0 Å². The van der Waals surface area contributed by atoms with Crippen molar-refractivity contribution in [3.8, 4) is 0 Å². The summed E-state index contributed by atoms with van der Waals surface area (Å²) in [6.45, 7) is 5.01. The molecule has 1 aromatic heterocycles. The maximum Gasteiger partial charge on any atom is 0.317 e. The normalized spacial score (nSPS) is 22.0. The number of urea groups is 1. The summed E-state index contributed by atoms with van der Waals surface area (Å²) in [6.07, 6.45) is 1.66. The van der Waals surface area contributed by atoms with Crippen LogP contribution in [0.2, 0.25) is 0 Å². The molecule has 2 bridgehead atoms. The summed E-state index contributed by atoms with van der Waals surface area (Å²) in [5.41, 5.74) is 1.73. The highest BCUT2D eigenvalue weighted by molar-refractivity contribution is 5.86. The molecule has 1 N–H and O–H groups in total. The summed E-state index contributed by atoms with van der Waals surface area (Å²) in [4.78, 5) is 42.1. The van der Waals surface area contributed by atoms with E-state index in [1.54, 1.807) is 19.0 Å². The molecule has 3 fully saturated rings. The van der Waals surface area contributed by atoms with Gasteiger partial charge < -0.3 is 24.5 Å². The van der Waals surface area contributed by atoms with Gasteiger partial charge in [0.25, 0.3) is 0 Å². The third-order valence-electron chi connectivity index (χ3n) is 5.45. The van der Waals surface area contributed by atoms with Crippen LogP contribution in [0.1, 0.15) is 29.9 Å². The zero-order valence-corrected chi connectivity index (χ0v) is 16.3. The summed E-state index contributed by atoms with van der Waals surface area (Å²) in [5.74, 6) is 0.449. The van der Waals surface area contributed by atoms with Crippen LogP contribution in [0.25, 0.3) is 0 Å². The summed E-state index contributed by atoms with van der Waals surface area (Å²) < 4.78 is 5.22. The van der Waals surface area contributed by atoms with Gasteiger partial charge in [0.15, 0.2) is 0 Å². The highest BCUT2D eigenvalue weighted by Crippen LogP contribution is 2.31. The van der Waals surface area contributed by atoms with Gasteiger partial charge >= 0.3 is 6.03 Å². The largest absolute Gasteiger partial charge is 0.361 e. The molecule has 3 aliphatic rings. The Labute approximate surface area is 158 Å². The first kappa shape index (κ1) is 19.2. The number of aromatic nitrogens is 1. The molecule has 2 atom stereocenters. The fraction of sp³-hybridized carbons (Fsp3) is 0.667. The lowest BCUT2D eigenvalue weighted by molar-refractivity contribution is -0.140. The van der Waals surface area contributed by atoms with Gasteiger partial charge in [0.05, 0.1) is 24.7 Å². The van der Waals surface area contributed by atoms with Crippen molar-refractivity contribution >= 4 is 17.8 Å². The number of nitrogens with zero attached hydrogens (tertiary/aromatic N) is 4. The van der Waals surface area contributed by atoms with E-state index in [0.29, 0.717) is 19.6 Å². The van der Waals surface area contributed by atoms with E-state index in [0.717, 1.165) is 29.9 Å². The fourth-order valence-corrected chi connectivity index (χ4v) is 3.77. The van der Waals surface area contributed by atoms with Crippen molar-refractivity contribution in [2.24, 2.45) is 5.92 Å². The van der Waals surface area contributed by atoms with Crippen LogP contribution in [-0.4, -0.2) is 77.5 Å². The van der Waals surface area contributed by atoms with Gasteiger partial charge in [0.2, 0.25) is 11.8 Å². The summed E-state index contributed by atoms with van der Waals surface area (Å²) in [6, 6.07) is -0.337. The first-order valence-electron chi connectivity index (χ1n) is 9.23. The van der Waals surface area contributed by atoms with E-state index >= 15 is 0 Å². The molecule has 0 radical (unpaired) electrons. The number of hydrogen-bond donors (Lipinski definition) is 1. The fourth-order valence-electron chi connectivity index (χ4n) is 3.77. The molecule has 148 valence electrons. The van der Waals surface area contributed by atoms with E-state index in [1.807, 2.05) is 18.7 Å². The predicted octanol–water partition coefficient (Wildman–Crippen LogP) is 0.512. The smallest absolute Gasteiger partial charge is 0.317 e. The van der Waals surface area contributed by atoms with Crippen LogP contribution in [-0.2, 0) is 16.1 Å². The molecule has 0 spiro atoms. The molecule has 0 aliphatic carbocycles. The SMILES string of the molecule is Cc1noc(C)c1CN1C(=O)[C@@H]2CC[C@H]1CN(C(=O)CNC(=O)N(C)C)C2. The molecule has 0 aromatic carbocycles. The highest BCUT2D eigenvalue weighted by Gasteiger charge is 2.42. The zero-order chi connectivity index (χ0) is 19.7. The molecule has 4 heterocycles. The Kier molecular flexibility index (Phi) is 5.38. The molecular formula is C18H27N5O4. The van der Waals surface area contributed by atoms with Crippen molar-refractivity contribution in [2.45, 2.75) is 39.3 Å². The van der Waals surface area contributed by atoms with Crippen molar-refractivity contribution in [2.75, 3.05) is 33.7 Å². The van der Waals surface area contributed by atoms with Crippen LogP contribution in [0.15, 0.2) is 4.52 Å². The third-order valence-corrected chi connectivity index (χ3v) is 5.45. The molecular weight excluding hydrogens is 350 g/mol. The maximum absolute atomic E-state index is 12.9. The highest BCUT2D eigenvalue weighted by atomic mass is 16.5. The van der Waals surface area contributed by atoms with Crippen LogP contribution >= 0.6 is 0 Å². The number of amides is 4. The monoisotopic (exact) mass is 377 g/mol. The standard InChI is InChI=1S/C18H27N5O4/c1-11-15(12(2)27-20-11)10-23-14-6-5-13(17(23)25)8-22(9-14)16(24)7-19-18(26)21(3)4/h13-14H,5-10H2,1-4H3,(H,19,26)/t13-,14+/m1/s1. The minimum atomic E-state index is -0.308. The van der Waals surface area contributed by atoms with Gasteiger partial charge in [-0.3, -0.25) is 9.59 Å². The lowest BCUT2D eigenvalue weighted by Gasteiger charge is -2.35. The van der Waals surface area contributed by atoms with Gasteiger partial charge in [-0.1, -0.05) is 5.16 Å². The van der Waals surface area contributed by atoms with Crippen LogP contribution < -0.4 is 5.32 Å². The van der Waals surface area contributed by atoms with Gasteiger partial charge in [-0.15, -0.1) is 0 Å². The topological polar surface area (TPSA) is 99.0 Å². The summed E-state index contributed by atoms with van der Waals surface area (Å²) in [7, 11) is 3.24. The summed E-state index contributed by atoms with van der Waals surface area (Å²) in [5, 5.41) is 6.57. The van der Waals surface area contributed by atoms with E-state index in [4.69, 9.17) is 4.52 Å². The Hall–Kier alpha value is -2.58. The van der Waals surface area contributed by atoms with Crippen molar-refractivity contribution in [3.05, 3.63) is 17.0 Å². The number of nitrogens with one attached hydrogen (secondary N) is 1. The van der Waals surface area contributed by atoms with Gasteiger partial charge in [0, 0.05) is 38.8 Å². The van der Waals surface area contributed by atoms with Crippen LogP contribution in [0.3, 0.4) is 0 Å². The molecule has 0 unspecified atom stereocenters. The first-order chi connectivity index (χ1) is 12.8. The molecule has 3 aliphatic heterocycles. The molecule has 27 heavy (non-hydrogen) atoms. The molecule has 0 saturated carbocycles. The number of carbonyl (C=O) groups is 3. The van der Waals surface area contributed by atoms with E-state index in [-0.39, 0.29) is 36.3 Å². The number of carbonyl (C=O) groups excluding carboxylic acids is 3. The minimum Gasteiger partial charge on any atom is -0.361 e. The minimum absolute atomic E-state index is 0.0292. The Morgan fingerprint density at radius 2 is 2.00 bits per heavy atom.